The molecule has 0 aliphatic carbocycles. The van der Waals surface area contributed by atoms with Crippen LogP contribution in [0.5, 0.6) is 0 Å². The molecule has 0 aliphatic rings. The van der Waals surface area contributed by atoms with E-state index in [1.807, 2.05) is 12.1 Å². The van der Waals surface area contributed by atoms with E-state index in [9.17, 15) is 0 Å². The Morgan fingerprint density at radius 2 is 2.22 bits per heavy atom. The monoisotopic (exact) mass is 265 g/mol. The summed E-state index contributed by atoms with van der Waals surface area (Å²) < 4.78 is 0. The second-order valence-corrected chi connectivity index (χ2v) is 5.03. The topological polar surface area (TPSA) is 50.9 Å². The smallest absolute Gasteiger partial charge is 0.122 e. The molecule has 0 saturated heterocycles. The Labute approximate surface area is 115 Å². The minimum atomic E-state index is 0.343. The Hall–Kier alpha value is -1.16. The molecule has 0 aromatic carbocycles. The summed E-state index contributed by atoms with van der Waals surface area (Å²) in [5.74, 6) is 0.736. The number of hydrogen-bond donors (Lipinski definition) is 2. The Morgan fingerprint density at radius 1 is 1.44 bits per heavy atom. The van der Waals surface area contributed by atoms with Gasteiger partial charge >= 0.3 is 0 Å². The van der Waals surface area contributed by atoms with Gasteiger partial charge in [-0.1, -0.05) is 45.3 Å². The van der Waals surface area contributed by atoms with Gasteiger partial charge in [-0.2, -0.15) is 0 Å². The van der Waals surface area contributed by atoms with Gasteiger partial charge in [0.25, 0.3) is 0 Å². The molecule has 1 aromatic heterocycles. The van der Waals surface area contributed by atoms with Gasteiger partial charge in [0.1, 0.15) is 4.99 Å². The SMILES string of the molecule is CCCCC(CC)CNc1ccc(C(N)=S)nc1. The third-order valence-electron chi connectivity index (χ3n) is 3.15. The van der Waals surface area contributed by atoms with Crippen molar-refractivity contribution in [3.63, 3.8) is 0 Å². The van der Waals surface area contributed by atoms with Gasteiger partial charge in [0.2, 0.25) is 0 Å². The van der Waals surface area contributed by atoms with Gasteiger partial charge in [0.05, 0.1) is 17.6 Å². The second-order valence-electron chi connectivity index (χ2n) is 4.59. The maximum Gasteiger partial charge on any atom is 0.122 e. The lowest BCUT2D eigenvalue weighted by Crippen LogP contribution is -2.15. The summed E-state index contributed by atoms with van der Waals surface area (Å²) in [7, 11) is 0. The van der Waals surface area contributed by atoms with Crippen molar-refractivity contribution in [2.24, 2.45) is 11.7 Å². The molecule has 0 fully saturated rings. The molecular formula is C14H23N3S. The average molecular weight is 265 g/mol. The van der Waals surface area contributed by atoms with Gasteiger partial charge < -0.3 is 11.1 Å². The number of nitrogens with one attached hydrogen (secondary N) is 1. The predicted molar refractivity (Wildman–Crippen MR) is 81.9 cm³/mol. The lowest BCUT2D eigenvalue weighted by Gasteiger charge is -2.16. The van der Waals surface area contributed by atoms with Crippen LogP contribution in [0.2, 0.25) is 0 Å². The zero-order valence-electron chi connectivity index (χ0n) is 11.3. The Morgan fingerprint density at radius 3 is 2.72 bits per heavy atom. The Kier molecular flexibility index (Phi) is 6.65. The zero-order chi connectivity index (χ0) is 13.4. The molecule has 1 unspecified atom stereocenters. The number of aromatic nitrogens is 1. The molecule has 0 spiro atoms. The van der Waals surface area contributed by atoms with Crippen molar-refractivity contribution >= 4 is 22.9 Å². The maximum atomic E-state index is 5.51. The van der Waals surface area contributed by atoms with E-state index in [1.165, 1.54) is 25.7 Å². The molecule has 3 nitrogen and oxygen atoms in total. The van der Waals surface area contributed by atoms with E-state index in [-0.39, 0.29) is 0 Å². The van der Waals surface area contributed by atoms with E-state index in [2.05, 4.69) is 24.1 Å². The van der Waals surface area contributed by atoms with Crippen LogP contribution < -0.4 is 11.1 Å². The highest BCUT2D eigenvalue weighted by Gasteiger charge is 2.05. The van der Waals surface area contributed by atoms with E-state index >= 15 is 0 Å². The van der Waals surface area contributed by atoms with Crippen molar-refractivity contribution < 1.29 is 0 Å². The van der Waals surface area contributed by atoms with Crippen LogP contribution in [0.4, 0.5) is 5.69 Å². The van der Waals surface area contributed by atoms with Crippen LogP contribution in [0, 0.1) is 5.92 Å². The maximum absolute atomic E-state index is 5.51. The third-order valence-corrected chi connectivity index (χ3v) is 3.36. The number of thiocarbonyl (C=S) groups is 1. The van der Waals surface area contributed by atoms with Crippen LogP contribution in [-0.2, 0) is 0 Å². The lowest BCUT2D eigenvalue weighted by molar-refractivity contribution is 0.473. The summed E-state index contributed by atoms with van der Waals surface area (Å²) in [4.78, 5) is 4.56. The molecule has 1 rings (SSSR count). The molecule has 0 radical (unpaired) electrons. The molecule has 3 N–H and O–H groups in total. The molecule has 1 heterocycles. The second kappa shape index (κ2) is 8.03. The summed E-state index contributed by atoms with van der Waals surface area (Å²) in [5.41, 5.74) is 7.22. The number of pyridine rings is 1. The number of rotatable bonds is 8. The normalized spacial score (nSPS) is 12.1. The Balaban J connectivity index is 2.44. The molecule has 4 heteroatoms. The summed E-state index contributed by atoms with van der Waals surface area (Å²) in [6, 6.07) is 3.84. The first-order valence-corrected chi connectivity index (χ1v) is 7.07. The fourth-order valence-corrected chi connectivity index (χ4v) is 1.97. The quantitative estimate of drug-likeness (QED) is 0.708. The first-order chi connectivity index (χ1) is 8.67. The summed E-state index contributed by atoms with van der Waals surface area (Å²) in [5, 5.41) is 3.42. The summed E-state index contributed by atoms with van der Waals surface area (Å²) >= 11 is 4.87. The van der Waals surface area contributed by atoms with Gasteiger partial charge in [-0.3, -0.25) is 4.98 Å². The average Bonchev–Trinajstić information content (AvgIpc) is 2.39. The summed E-state index contributed by atoms with van der Waals surface area (Å²) in [6.07, 6.45) is 6.87. The van der Waals surface area contributed by atoms with Gasteiger partial charge in [0.15, 0.2) is 0 Å². The first kappa shape index (κ1) is 14.9. The highest BCUT2D eigenvalue weighted by molar-refractivity contribution is 7.80. The standard InChI is InChI=1S/C14H23N3S/c1-3-5-6-11(4-2)9-16-12-7-8-13(14(15)18)17-10-12/h7-8,10-11,16H,3-6,9H2,1-2H3,(H2,15,18). The third kappa shape index (κ3) is 5.00. The molecule has 18 heavy (non-hydrogen) atoms. The van der Waals surface area contributed by atoms with Crippen molar-refractivity contribution in [1.29, 1.82) is 0 Å². The van der Waals surface area contributed by atoms with E-state index < -0.39 is 0 Å². The largest absolute Gasteiger partial charge is 0.388 e. The van der Waals surface area contributed by atoms with Gasteiger partial charge in [-0.15, -0.1) is 0 Å². The molecule has 0 amide bonds. The van der Waals surface area contributed by atoms with Crippen LogP contribution in [0.3, 0.4) is 0 Å². The van der Waals surface area contributed by atoms with Gasteiger partial charge in [-0.05, 0) is 24.5 Å². The predicted octanol–water partition coefficient (Wildman–Crippen LogP) is 3.34. The number of nitrogens with zero attached hydrogens (tertiary/aromatic N) is 1. The van der Waals surface area contributed by atoms with E-state index in [0.29, 0.717) is 10.7 Å². The molecule has 0 saturated carbocycles. The van der Waals surface area contributed by atoms with Crippen LogP contribution in [0.25, 0.3) is 0 Å². The van der Waals surface area contributed by atoms with Crippen molar-refractivity contribution in [3.8, 4) is 0 Å². The first-order valence-electron chi connectivity index (χ1n) is 6.67. The molecular weight excluding hydrogens is 242 g/mol. The molecule has 100 valence electrons. The van der Waals surface area contributed by atoms with Crippen molar-refractivity contribution in [2.45, 2.75) is 39.5 Å². The number of hydrogen-bond acceptors (Lipinski definition) is 3. The van der Waals surface area contributed by atoms with Crippen molar-refractivity contribution in [3.05, 3.63) is 24.0 Å². The van der Waals surface area contributed by atoms with Crippen LogP contribution in [-0.4, -0.2) is 16.5 Å². The van der Waals surface area contributed by atoms with E-state index in [4.69, 9.17) is 18.0 Å². The highest BCUT2D eigenvalue weighted by Crippen LogP contribution is 2.14. The molecule has 1 atom stereocenters. The molecule has 0 aliphatic heterocycles. The molecule has 1 aromatic rings. The fraction of sp³-hybridized carbons (Fsp3) is 0.571. The van der Waals surface area contributed by atoms with Crippen LogP contribution in [0.1, 0.15) is 45.2 Å². The Bertz CT molecular complexity index is 362. The zero-order valence-corrected chi connectivity index (χ0v) is 12.1. The van der Waals surface area contributed by atoms with E-state index in [0.717, 1.165) is 18.2 Å². The number of unbranched alkanes of at least 4 members (excludes halogenated alkanes) is 1. The lowest BCUT2D eigenvalue weighted by atomic mass is 9.99. The van der Waals surface area contributed by atoms with Crippen LogP contribution in [0.15, 0.2) is 18.3 Å². The summed E-state index contributed by atoms with van der Waals surface area (Å²) in [6.45, 7) is 5.49. The van der Waals surface area contributed by atoms with E-state index in [1.54, 1.807) is 6.20 Å². The fourth-order valence-electron chi connectivity index (χ4n) is 1.85. The van der Waals surface area contributed by atoms with Crippen molar-refractivity contribution in [1.82, 2.24) is 4.98 Å². The number of nitrogens with two attached hydrogens (primary N) is 1. The van der Waals surface area contributed by atoms with Crippen molar-refractivity contribution in [2.75, 3.05) is 11.9 Å². The van der Waals surface area contributed by atoms with Crippen LogP contribution >= 0.6 is 12.2 Å². The van der Waals surface area contributed by atoms with Gasteiger partial charge in [-0.25, -0.2) is 0 Å². The van der Waals surface area contributed by atoms with Gasteiger partial charge in [0, 0.05) is 6.54 Å². The number of anilines is 1. The minimum absolute atomic E-state index is 0.343. The minimum Gasteiger partial charge on any atom is -0.388 e. The molecule has 0 bridgehead atoms. The highest BCUT2D eigenvalue weighted by atomic mass is 32.1.